The summed E-state index contributed by atoms with van der Waals surface area (Å²) in [7, 11) is -1.25. The zero-order valence-electron chi connectivity index (χ0n) is 10.0. The Balaban J connectivity index is 2.22. The second kappa shape index (κ2) is 5.31. The molecule has 0 amide bonds. The fourth-order valence-electron chi connectivity index (χ4n) is 1.76. The average Bonchev–Trinajstić information content (AvgIpc) is 2.28. The first-order chi connectivity index (χ1) is 8.56. The van der Waals surface area contributed by atoms with Gasteiger partial charge in [-0.15, -0.1) is 0 Å². The van der Waals surface area contributed by atoms with Crippen LogP contribution >= 0.6 is 0 Å². The molecule has 1 atom stereocenters. The number of nitrogens with two attached hydrogens (primary N) is 1. The van der Waals surface area contributed by atoms with Crippen LogP contribution < -0.4 is 5.73 Å². The second-order valence-corrected chi connectivity index (χ2v) is 5.58. The Hall–Kier alpha value is -1.68. The smallest absolute Gasteiger partial charge is 0.125 e. The van der Waals surface area contributed by atoms with Crippen molar-refractivity contribution in [2.45, 2.75) is 17.6 Å². The standard InChI is InChI=1S/C14H14FNOS/c1-10-3-2-4-11(7-10)9-18(17)14-6-5-12(15)8-13(14)16/h2-8H,9,16H2,1H3. The Morgan fingerprint density at radius 3 is 2.67 bits per heavy atom. The summed E-state index contributed by atoms with van der Waals surface area (Å²) in [5, 5.41) is 0. The molecule has 0 heterocycles. The number of nitrogen functional groups attached to an aromatic ring is 1. The summed E-state index contributed by atoms with van der Waals surface area (Å²) in [5.41, 5.74) is 8.02. The van der Waals surface area contributed by atoms with E-state index in [4.69, 9.17) is 5.73 Å². The van der Waals surface area contributed by atoms with Crippen molar-refractivity contribution < 1.29 is 8.60 Å². The minimum Gasteiger partial charge on any atom is -0.398 e. The lowest BCUT2D eigenvalue weighted by molar-refractivity contribution is 0.627. The summed E-state index contributed by atoms with van der Waals surface area (Å²) < 4.78 is 25.1. The summed E-state index contributed by atoms with van der Waals surface area (Å²) in [6, 6.07) is 11.8. The van der Waals surface area contributed by atoms with Crippen molar-refractivity contribution in [1.82, 2.24) is 0 Å². The van der Waals surface area contributed by atoms with Crippen LogP contribution in [-0.4, -0.2) is 4.21 Å². The molecule has 0 aromatic heterocycles. The van der Waals surface area contributed by atoms with E-state index in [9.17, 15) is 8.60 Å². The zero-order valence-corrected chi connectivity index (χ0v) is 10.8. The largest absolute Gasteiger partial charge is 0.398 e. The Morgan fingerprint density at radius 1 is 1.22 bits per heavy atom. The molecule has 0 aliphatic heterocycles. The first kappa shape index (κ1) is 12.8. The summed E-state index contributed by atoms with van der Waals surface area (Å²) in [4.78, 5) is 0.484. The van der Waals surface area contributed by atoms with Crippen LogP contribution in [-0.2, 0) is 16.6 Å². The molecular formula is C14H14FNOS. The molecule has 0 saturated heterocycles. The number of benzene rings is 2. The van der Waals surface area contributed by atoms with Crippen LogP contribution in [0.15, 0.2) is 47.4 Å². The first-order valence-corrected chi connectivity index (χ1v) is 6.87. The third-order valence-electron chi connectivity index (χ3n) is 2.60. The van der Waals surface area contributed by atoms with Gasteiger partial charge in [0.15, 0.2) is 0 Å². The van der Waals surface area contributed by atoms with E-state index in [0.717, 1.165) is 11.1 Å². The van der Waals surface area contributed by atoms with Gasteiger partial charge in [-0.25, -0.2) is 4.39 Å². The van der Waals surface area contributed by atoms with Gasteiger partial charge >= 0.3 is 0 Å². The molecule has 0 spiro atoms. The maximum Gasteiger partial charge on any atom is 0.125 e. The molecule has 0 radical (unpaired) electrons. The van der Waals surface area contributed by atoms with Crippen molar-refractivity contribution in [2.75, 3.05) is 5.73 Å². The summed E-state index contributed by atoms with van der Waals surface area (Å²) in [5.74, 6) is -0.0267. The monoisotopic (exact) mass is 263 g/mol. The van der Waals surface area contributed by atoms with E-state index in [2.05, 4.69) is 0 Å². The Bertz CT molecular complexity index is 598. The molecule has 0 bridgehead atoms. The maximum atomic E-state index is 12.9. The number of hydrogen-bond donors (Lipinski definition) is 1. The van der Waals surface area contributed by atoms with Crippen molar-refractivity contribution in [3.05, 3.63) is 59.4 Å². The van der Waals surface area contributed by atoms with Crippen molar-refractivity contribution in [1.29, 1.82) is 0 Å². The predicted molar refractivity (Wildman–Crippen MR) is 72.1 cm³/mol. The molecule has 2 aromatic rings. The minimum absolute atomic E-state index is 0.237. The lowest BCUT2D eigenvalue weighted by atomic mass is 10.2. The molecule has 1 unspecified atom stereocenters. The number of anilines is 1. The lowest BCUT2D eigenvalue weighted by Crippen LogP contribution is -2.01. The van der Waals surface area contributed by atoms with Crippen LogP contribution in [0.2, 0.25) is 0 Å². The van der Waals surface area contributed by atoms with Gasteiger partial charge in [-0.1, -0.05) is 29.8 Å². The predicted octanol–water partition coefficient (Wildman–Crippen LogP) is 3.02. The van der Waals surface area contributed by atoms with E-state index in [1.165, 1.54) is 18.2 Å². The van der Waals surface area contributed by atoms with Crippen LogP contribution in [0, 0.1) is 12.7 Å². The molecule has 18 heavy (non-hydrogen) atoms. The SMILES string of the molecule is Cc1cccc(CS(=O)c2ccc(F)cc2N)c1. The maximum absolute atomic E-state index is 12.9. The lowest BCUT2D eigenvalue weighted by Gasteiger charge is -2.06. The van der Waals surface area contributed by atoms with Gasteiger partial charge in [-0.05, 0) is 30.7 Å². The third kappa shape index (κ3) is 2.96. The van der Waals surface area contributed by atoms with Gasteiger partial charge in [-0.2, -0.15) is 0 Å². The molecule has 0 aliphatic carbocycles. The van der Waals surface area contributed by atoms with Gasteiger partial charge in [0.25, 0.3) is 0 Å². The number of halogens is 1. The Kier molecular flexibility index (Phi) is 3.77. The molecule has 2 N–H and O–H groups in total. The highest BCUT2D eigenvalue weighted by Crippen LogP contribution is 2.20. The van der Waals surface area contributed by atoms with Crippen LogP contribution in [0.5, 0.6) is 0 Å². The number of hydrogen-bond acceptors (Lipinski definition) is 2. The second-order valence-electron chi connectivity index (χ2n) is 4.16. The van der Waals surface area contributed by atoms with E-state index < -0.39 is 16.6 Å². The normalized spacial score (nSPS) is 12.3. The highest BCUT2D eigenvalue weighted by molar-refractivity contribution is 7.84. The van der Waals surface area contributed by atoms with Gasteiger partial charge in [0, 0.05) is 0 Å². The van der Waals surface area contributed by atoms with E-state index in [-0.39, 0.29) is 5.69 Å². The molecular weight excluding hydrogens is 249 g/mol. The highest BCUT2D eigenvalue weighted by atomic mass is 32.2. The van der Waals surface area contributed by atoms with Crippen molar-refractivity contribution in [2.24, 2.45) is 0 Å². The first-order valence-electron chi connectivity index (χ1n) is 5.55. The van der Waals surface area contributed by atoms with Gasteiger partial charge in [0.05, 0.1) is 27.1 Å². The van der Waals surface area contributed by atoms with Crippen molar-refractivity contribution >= 4 is 16.5 Å². The van der Waals surface area contributed by atoms with E-state index in [1.54, 1.807) is 0 Å². The highest BCUT2D eigenvalue weighted by Gasteiger charge is 2.09. The fraction of sp³-hybridized carbons (Fsp3) is 0.143. The van der Waals surface area contributed by atoms with Crippen LogP contribution in [0.25, 0.3) is 0 Å². The fourth-order valence-corrected chi connectivity index (χ4v) is 2.94. The molecule has 2 nitrogen and oxygen atoms in total. The number of rotatable bonds is 3. The van der Waals surface area contributed by atoms with Crippen molar-refractivity contribution in [3.63, 3.8) is 0 Å². The molecule has 0 aliphatic rings. The van der Waals surface area contributed by atoms with E-state index in [0.29, 0.717) is 10.6 Å². The summed E-state index contributed by atoms with van der Waals surface area (Å²) in [6.45, 7) is 1.98. The average molecular weight is 263 g/mol. The molecule has 0 saturated carbocycles. The summed E-state index contributed by atoms with van der Waals surface area (Å²) in [6.07, 6.45) is 0. The van der Waals surface area contributed by atoms with E-state index >= 15 is 0 Å². The van der Waals surface area contributed by atoms with Crippen LogP contribution in [0.3, 0.4) is 0 Å². The van der Waals surface area contributed by atoms with Gasteiger partial charge in [0.1, 0.15) is 5.82 Å². The quantitative estimate of drug-likeness (QED) is 0.865. The molecule has 0 fully saturated rings. The van der Waals surface area contributed by atoms with Crippen molar-refractivity contribution in [3.8, 4) is 0 Å². The Morgan fingerprint density at radius 2 is 2.00 bits per heavy atom. The number of aryl methyl sites for hydroxylation is 1. The van der Waals surface area contributed by atoms with Gasteiger partial charge in [0.2, 0.25) is 0 Å². The summed E-state index contributed by atoms with van der Waals surface area (Å²) >= 11 is 0. The van der Waals surface area contributed by atoms with Gasteiger partial charge in [-0.3, -0.25) is 4.21 Å². The molecule has 2 rings (SSSR count). The molecule has 94 valence electrons. The minimum atomic E-state index is -1.25. The van der Waals surface area contributed by atoms with Gasteiger partial charge < -0.3 is 5.73 Å². The zero-order chi connectivity index (χ0) is 13.1. The molecule has 2 aromatic carbocycles. The third-order valence-corrected chi connectivity index (χ3v) is 4.06. The molecule has 4 heteroatoms. The van der Waals surface area contributed by atoms with E-state index in [1.807, 2.05) is 31.2 Å². The Labute approximate surface area is 108 Å². The van der Waals surface area contributed by atoms with Crippen LogP contribution in [0.4, 0.5) is 10.1 Å². The topological polar surface area (TPSA) is 43.1 Å². The van der Waals surface area contributed by atoms with Crippen LogP contribution in [0.1, 0.15) is 11.1 Å².